The minimum absolute atomic E-state index is 0.741. The van der Waals surface area contributed by atoms with E-state index in [1.165, 1.54) is 34.8 Å². The highest BCUT2D eigenvalue weighted by atomic mass is 79.9. The number of hydrogen-bond acceptors (Lipinski definition) is 5. The smallest absolute Gasteiger partial charge is 0.174 e. The lowest BCUT2D eigenvalue weighted by molar-refractivity contribution is 0.685. The Balaban J connectivity index is 1.67. The van der Waals surface area contributed by atoms with E-state index in [-0.39, 0.29) is 0 Å². The van der Waals surface area contributed by atoms with Gasteiger partial charge >= 0.3 is 0 Å². The van der Waals surface area contributed by atoms with Gasteiger partial charge < -0.3 is 5.32 Å². The van der Waals surface area contributed by atoms with Crippen LogP contribution in [0.3, 0.4) is 0 Å². The summed E-state index contributed by atoms with van der Waals surface area (Å²) in [7, 11) is 0. The summed E-state index contributed by atoms with van der Waals surface area (Å²) in [6.45, 7) is 2.86. The molecule has 2 aromatic rings. The quantitative estimate of drug-likeness (QED) is 0.878. The van der Waals surface area contributed by atoms with Gasteiger partial charge in [0.15, 0.2) is 4.34 Å². The molecule has 0 saturated heterocycles. The molecule has 3 nitrogen and oxygen atoms in total. The van der Waals surface area contributed by atoms with Gasteiger partial charge in [0.05, 0.1) is 0 Å². The fraction of sp³-hybridized carbons (Fsp3) is 0.385. The average molecular weight is 356 g/mol. The summed E-state index contributed by atoms with van der Waals surface area (Å²) in [6, 6.07) is 7.22. The Kier molecular flexibility index (Phi) is 4.21. The predicted molar refractivity (Wildman–Crippen MR) is 82.8 cm³/mol. The van der Waals surface area contributed by atoms with Crippen LogP contribution in [-0.2, 0) is 6.54 Å². The summed E-state index contributed by atoms with van der Waals surface area (Å²) in [5.41, 5.74) is 1.31. The van der Waals surface area contributed by atoms with Crippen LogP contribution in [-0.4, -0.2) is 15.4 Å². The highest BCUT2D eigenvalue weighted by molar-refractivity contribution is 9.10. The van der Waals surface area contributed by atoms with E-state index in [1.54, 1.807) is 11.8 Å². The SMILES string of the molecule is Cc1nsc(Sc2ccc(CNC3CC3)c(Br)c2)n1. The summed E-state index contributed by atoms with van der Waals surface area (Å²) < 4.78 is 6.35. The van der Waals surface area contributed by atoms with Crippen molar-refractivity contribution < 1.29 is 0 Å². The first kappa shape index (κ1) is 13.5. The van der Waals surface area contributed by atoms with E-state index in [0.717, 1.165) is 27.2 Å². The molecule has 1 N–H and O–H groups in total. The molecular formula is C13H14BrN3S2. The molecule has 19 heavy (non-hydrogen) atoms. The Morgan fingerprint density at radius 1 is 1.47 bits per heavy atom. The maximum absolute atomic E-state index is 4.37. The molecule has 1 saturated carbocycles. The van der Waals surface area contributed by atoms with Crippen LogP contribution in [0.15, 0.2) is 31.9 Å². The van der Waals surface area contributed by atoms with Crippen molar-refractivity contribution in [2.24, 2.45) is 0 Å². The molecule has 0 atom stereocenters. The number of aryl methyl sites for hydroxylation is 1. The van der Waals surface area contributed by atoms with Gasteiger partial charge in [0.2, 0.25) is 0 Å². The third-order valence-electron chi connectivity index (χ3n) is 2.90. The Morgan fingerprint density at radius 3 is 2.95 bits per heavy atom. The van der Waals surface area contributed by atoms with Gasteiger partial charge in [0.25, 0.3) is 0 Å². The van der Waals surface area contributed by atoms with Crippen molar-refractivity contribution in [2.75, 3.05) is 0 Å². The first-order valence-corrected chi connectivity index (χ1v) is 8.59. The van der Waals surface area contributed by atoms with Crippen LogP contribution in [0.25, 0.3) is 0 Å². The number of nitrogens with one attached hydrogen (secondary N) is 1. The zero-order valence-corrected chi connectivity index (χ0v) is 13.7. The second-order valence-electron chi connectivity index (χ2n) is 4.62. The van der Waals surface area contributed by atoms with Crippen LogP contribution >= 0.6 is 39.2 Å². The molecule has 6 heteroatoms. The van der Waals surface area contributed by atoms with Gasteiger partial charge in [0, 0.05) is 22.0 Å². The third-order valence-corrected chi connectivity index (χ3v) is 5.47. The van der Waals surface area contributed by atoms with E-state index in [0.29, 0.717) is 0 Å². The van der Waals surface area contributed by atoms with Crippen LogP contribution in [0.2, 0.25) is 0 Å². The molecule has 0 spiro atoms. The van der Waals surface area contributed by atoms with Crippen LogP contribution in [0.5, 0.6) is 0 Å². The Morgan fingerprint density at radius 2 is 2.32 bits per heavy atom. The fourth-order valence-corrected chi connectivity index (χ4v) is 4.03. The normalized spacial score (nSPS) is 14.8. The zero-order valence-electron chi connectivity index (χ0n) is 10.5. The highest BCUT2D eigenvalue weighted by Crippen LogP contribution is 2.32. The van der Waals surface area contributed by atoms with Gasteiger partial charge in [0.1, 0.15) is 5.82 Å². The van der Waals surface area contributed by atoms with Crippen LogP contribution in [0.4, 0.5) is 0 Å². The van der Waals surface area contributed by atoms with Crippen molar-refractivity contribution in [3.63, 3.8) is 0 Å². The molecule has 1 aromatic heterocycles. The summed E-state index contributed by atoms with van der Waals surface area (Å²) >= 11 is 6.76. The van der Waals surface area contributed by atoms with Crippen molar-refractivity contribution in [1.29, 1.82) is 0 Å². The lowest BCUT2D eigenvalue weighted by Crippen LogP contribution is -2.15. The number of hydrogen-bond donors (Lipinski definition) is 1. The van der Waals surface area contributed by atoms with E-state index >= 15 is 0 Å². The summed E-state index contributed by atoms with van der Waals surface area (Å²) in [6.07, 6.45) is 2.64. The Labute approximate surface area is 129 Å². The third kappa shape index (κ3) is 3.78. The highest BCUT2D eigenvalue weighted by Gasteiger charge is 2.20. The van der Waals surface area contributed by atoms with Gasteiger partial charge in [-0.15, -0.1) is 0 Å². The molecule has 0 bridgehead atoms. The van der Waals surface area contributed by atoms with Crippen molar-refractivity contribution in [3.8, 4) is 0 Å². The summed E-state index contributed by atoms with van der Waals surface area (Å²) in [5.74, 6) is 0.844. The molecular weight excluding hydrogens is 342 g/mol. The van der Waals surface area contributed by atoms with Crippen molar-refractivity contribution in [2.45, 2.75) is 41.6 Å². The van der Waals surface area contributed by atoms with E-state index < -0.39 is 0 Å². The molecule has 1 aromatic carbocycles. The topological polar surface area (TPSA) is 37.8 Å². The van der Waals surface area contributed by atoms with Crippen molar-refractivity contribution in [1.82, 2.24) is 14.7 Å². The van der Waals surface area contributed by atoms with E-state index in [2.05, 4.69) is 48.8 Å². The minimum Gasteiger partial charge on any atom is -0.310 e. The van der Waals surface area contributed by atoms with Crippen LogP contribution in [0.1, 0.15) is 24.2 Å². The largest absolute Gasteiger partial charge is 0.310 e. The number of rotatable bonds is 5. The summed E-state index contributed by atoms with van der Waals surface area (Å²) in [4.78, 5) is 5.56. The second kappa shape index (κ2) is 5.91. The number of benzene rings is 1. The van der Waals surface area contributed by atoms with E-state index in [9.17, 15) is 0 Å². The minimum atomic E-state index is 0.741. The van der Waals surface area contributed by atoms with Gasteiger partial charge in [-0.1, -0.05) is 33.8 Å². The molecule has 0 amide bonds. The standard InChI is InChI=1S/C13H14BrN3S2/c1-8-16-13(19-17-8)18-11-5-2-9(12(14)6-11)7-15-10-3-4-10/h2,5-6,10,15H,3-4,7H2,1H3. The lowest BCUT2D eigenvalue weighted by Gasteiger charge is -2.07. The second-order valence-corrected chi connectivity index (χ2v) is 7.54. The maximum atomic E-state index is 4.37. The molecule has 100 valence electrons. The molecule has 0 unspecified atom stereocenters. The van der Waals surface area contributed by atoms with Crippen molar-refractivity contribution in [3.05, 3.63) is 34.1 Å². The van der Waals surface area contributed by atoms with Gasteiger partial charge in [-0.05, 0) is 49.0 Å². The first-order chi connectivity index (χ1) is 9.20. The molecule has 1 aliphatic rings. The monoisotopic (exact) mass is 355 g/mol. The van der Waals surface area contributed by atoms with Crippen LogP contribution in [0, 0.1) is 6.92 Å². The fourth-order valence-electron chi connectivity index (χ4n) is 1.70. The molecule has 0 radical (unpaired) electrons. The molecule has 1 heterocycles. The Bertz CT molecular complexity index is 581. The van der Waals surface area contributed by atoms with Gasteiger partial charge in [-0.25, -0.2) is 4.98 Å². The first-order valence-electron chi connectivity index (χ1n) is 6.21. The maximum Gasteiger partial charge on any atom is 0.174 e. The van der Waals surface area contributed by atoms with Crippen LogP contribution < -0.4 is 5.32 Å². The molecule has 1 fully saturated rings. The molecule has 0 aliphatic heterocycles. The van der Waals surface area contributed by atoms with Gasteiger partial charge in [-0.2, -0.15) is 4.37 Å². The van der Waals surface area contributed by atoms with Crippen molar-refractivity contribution >= 4 is 39.2 Å². The molecule has 1 aliphatic carbocycles. The predicted octanol–water partition coefficient (Wildman–Crippen LogP) is 4.01. The van der Waals surface area contributed by atoms with E-state index in [1.807, 2.05) is 6.92 Å². The lowest BCUT2D eigenvalue weighted by atomic mass is 10.2. The van der Waals surface area contributed by atoms with E-state index in [4.69, 9.17) is 0 Å². The summed E-state index contributed by atoms with van der Waals surface area (Å²) in [5, 5.41) is 3.53. The number of halogens is 1. The number of nitrogens with zero attached hydrogens (tertiary/aromatic N) is 2. The molecule has 3 rings (SSSR count). The van der Waals surface area contributed by atoms with Gasteiger partial charge in [-0.3, -0.25) is 0 Å². The zero-order chi connectivity index (χ0) is 13.2. The number of aromatic nitrogens is 2. The Hall–Kier alpha value is -0.430. The average Bonchev–Trinajstić information content (AvgIpc) is 3.12.